The minimum Gasteiger partial charge on any atom is -0.463 e. The highest BCUT2D eigenvalue weighted by atomic mass is 16.6. The standard InChI is InChI=1S/C20H32O2.C16H26O3.2C10H16O4/c1-5-19(3,4)18(21)22-20(6-2)11-14-10-15(20)17-13-8-7-12(9-13)16(14)17;1-4-14(2,3)13(17)19-16-8-11-5-12(9-16)7-15(18,6-11)10-16;1-4-10(2,3)9(12)14-7-5-8(11)13-6-7;1-4-10(2,3)9(12)14-7-5-6-13-8(7)11/h12-17H,5-11H2,1-4H3;11-12,18H,4-10H2,1-3H3;2*7H,4-6H2,1-3H3. The van der Waals surface area contributed by atoms with Gasteiger partial charge in [-0.2, -0.15) is 0 Å². The molecule has 0 aromatic carbocycles. The van der Waals surface area contributed by atoms with Crippen LogP contribution in [0.1, 0.15) is 206 Å². The van der Waals surface area contributed by atoms with Crippen LogP contribution in [-0.4, -0.2) is 83.1 Å². The topological polar surface area (TPSA) is 178 Å². The van der Waals surface area contributed by atoms with Gasteiger partial charge in [-0.1, -0.05) is 34.6 Å². The number of carbonyl (C=O) groups is 6. The second kappa shape index (κ2) is 20.7. The molecule has 0 spiro atoms. The molecule has 69 heavy (non-hydrogen) atoms. The molecule has 11 unspecified atom stereocenters. The van der Waals surface area contributed by atoms with Crippen LogP contribution < -0.4 is 0 Å². The molecule has 0 radical (unpaired) electrons. The summed E-state index contributed by atoms with van der Waals surface area (Å²) in [5.41, 5.74) is -2.79. The Balaban J connectivity index is 0.000000154. The quantitative estimate of drug-likeness (QED) is 0.105. The number of aliphatic hydroxyl groups is 1. The Hall–Kier alpha value is -3.22. The maximum Gasteiger partial charge on any atom is 0.347 e. The second-order valence-corrected chi connectivity index (χ2v) is 25.6. The van der Waals surface area contributed by atoms with E-state index in [1.165, 1.54) is 32.1 Å². The number of rotatable bonds is 13. The molecule has 8 bridgehead atoms. The van der Waals surface area contributed by atoms with Gasteiger partial charge in [-0.25, -0.2) is 4.79 Å². The van der Waals surface area contributed by atoms with Crippen molar-refractivity contribution in [2.75, 3.05) is 13.2 Å². The van der Waals surface area contributed by atoms with Crippen molar-refractivity contribution < 1.29 is 62.3 Å². The van der Waals surface area contributed by atoms with E-state index in [0.717, 1.165) is 81.0 Å². The van der Waals surface area contributed by atoms with Crippen LogP contribution in [0.15, 0.2) is 0 Å². The first-order valence-electron chi connectivity index (χ1n) is 27.0. The van der Waals surface area contributed by atoms with Crippen molar-refractivity contribution in [1.29, 1.82) is 0 Å². The van der Waals surface area contributed by atoms with Crippen LogP contribution in [0.25, 0.3) is 0 Å². The van der Waals surface area contributed by atoms with Gasteiger partial charge >= 0.3 is 35.8 Å². The van der Waals surface area contributed by atoms with E-state index in [9.17, 15) is 33.9 Å². The van der Waals surface area contributed by atoms with Crippen molar-refractivity contribution in [1.82, 2.24) is 0 Å². The van der Waals surface area contributed by atoms with Crippen LogP contribution in [0, 0.1) is 69.0 Å². The summed E-state index contributed by atoms with van der Waals surface area (Å²) in [4.78, 5) is 70.0. The molecule has 13 heteroatoms. The molecule has 13 nitrogen and oxygen atoms in total. The Bertz CT molecular complexity index is 1880. The fraction of sp³-hybridized carbons (Fsp3) is 0.893. The first-order chi connectivity index (χ1) is 32.1. The molecule has 2 saturated heterocycles. The van der Waals surface area contributed by atoms with Gasteiger partial charge in [0.05, 0.1) is 40.3 Å². The number of hydrogen-bond acceptors (Lipinski definition) is 13. The normalized spacial score (nSPS) is 36.7. The summed E-state index contributed by atoms with van der Waals surface area (Å²) in [6.45, 7) is 26.0. The van der Waals surface area contributed by atoms with E-state index in [2.05, 4.69) is 13.8 Å². The number of ether oxygens (including phenoxy) is 6. The van der Waals surface area contributed by atoms with Gasteiger partial charge in [-0.15, -0.1) is 0 Å². The van der Waals surface area contributed by atoms with Crippen LogP contribution in [0.3, 0.4) is 0 Å². The third-order valence-electron chi connectivity index (χ3n) is 19.1. The molecule has 2 heterocycles. The van der Waals surface area contributed by atoms with Gasteiger partial charge in [0.1, 0.15) is 23.9 Å². The molecule has 2 aliphatic heterocycles. The Labute approximate surface area is 413 Å². The largest absolute Gasteiger partial charge is 0.463 e. The second-order valence-electron chi connectivity index (χ2n) is 25.6. The van der Waals surface area contributed by atoms with Gasteiger partial charge in [0.25, 0.3) is 0 Å². The Morgan fingerprint density at radius 1 is 0.609 bits per heavy atom. The lowest BCUT2D eigenvalue weighted by atomic mass is 9.52. The van der Waals surface area contributed by atoms with Crippen molar-refractivity contribution in [3.05, 3.63) is 0 Å². The average molecular weight is 971 g/mol. The first kappa shape index (κ1) is 55.1. The third-order valence-corrected chi connectivity index (χ3v) is 19.1. The SMILES string of the molecule is CCC(C)(C)C(=O)OC1(CC)CC2CC1C1C3CCC(C3)C21.CCC(C)(C)C(=O)OC12CC3CC(CC(O)(C3)C1)C2.CCC(C)(C)C(=O)OC1CCOC1=O.CCC(C)(C)C(=O)OC1COC(=O)C1. The minimum atomic E-state index is -0.687. The lowest BCUT2D eigenvalue weighted by Gasteiger charge is -2.59. The maximum absolute atomic E-state index is 12.7. The molecule has 11 atom stereocenters. The summed E-state index contributed by atoms with van der Waals surface area (Å²) in [6, 6.07) is 0. The van der Waals surface area contributed by atoms with Crippen molar-refractivity contribution in [2.24, 2.45) is 69.0 Å². The molecular formula is C56H90O13. The van der Waals surface area contributed by atoms with Crippen molar-refractivity contribution in [2.45, 2.75) is 235 Å². The number of esters is 6. The van der Waals surface area contributed by atoms with Gasteiger partial charge in [0.15, 0.2) is 0 Å². The van der Waals surface area contributed by atoms with E-state index in [1.54, 1.807) is 13.8 Å². The summed E-state index contributed by atoms with van der Waals surface area (Å²) >= 11 is 0. The molecule has 8 saturated carbocycles. The number of cyclic esters (lactones) is 2. The fourth-order valence-electron chi connectivity index (χ4n) is 13.5. The smallest absolute Gasteiger partial charge is 0.347 e. The van der Waals surface area contributed by atoms with E-state index in [1.807, 2.05) is 62.3 Å². The predicted octanol–water partition coefficient (Wildman–Crippen LogP) is 10.4. The van der Waals surface area contributed by atoms with E-state index >= 15 is 0 Å². The van der Waals surface area contributed by atoms with Crippen molar-refractivity contribution >= 4 is 35.8 Å². The summed E-state index contributed by atoms with van der Waals surface area (Å²) in [5, 5.41) is 10.6. The first-order valence-corrected chi connectivity index (χ1v) is 27.0. The zero-order valence-electron chi connectivity index (χ0n) is 44.8. The molecule has 0 amide bonds. The van der Waals surface area contributed by atoms with E-state index in [-0.39, 0.29) is 65.6 Å². The fourth-order valence-corrected chi connectivity index (χ4v) is 13.5. The van der Waals surface area contributed by atoms with Crippen LogP contribution in [0.5, 0.6) is 0 Å². The number of hydrogen-bond donors (Lipinski definition) is 1. The summed E-state index contributed by atoms with van der Waals surface area (Å²) in [5.74, 6) is 5.13. The predicted molar refractivity (Wildman–Crippen MR) is 259 cm³/mol. The Kier molecular flexibility index (Phi) is 16.5. The monoisotopic (exact) mass is 971 g/mol. The molecule has 392 valence electrons. The van der Waals surface area contributed by atoms with Crippen molar-refractivity contribution in [3.8, 4) is 0 Å². The highest BCUT2D eigenvalue weighted by Gasteiger charge is 2.68. The molecular weight excluding hydrogens is 881 g/mol. The van der Waals surface area contributed by atoms with Gasteiger partial charge < -0.3 is 33.5 Å². The molecule has 0 aromatic heterocycles. The van der Waals surface area contributed by atoms with E-state index in [0.29, 0.717) is 50.0 Å². The molecule has 10 aliphatic rings. The van der Waals surface area contributed by atoms with Gasteiger partial charge in [-0.3, -0.25) is 24.0 Å². The Morgan fingerprint density at radius 2 is 1.13 bits per heavy atom. The zero-order chi connectivity index (χ0) is 51.1. The minimum absolute atomic E-state index is 0.0455. The van der Waals surface area contributed by atoms with Crippen LogP contribution in [-0.2, 0) is 57.2 Å². The van der Waals surface area contributed by atoms with Gasteiger partial charge in [0.2, 0.25) is 6.10 Å². The van der Waals surface area contributed by atoms with Gasteiger partial charge in [0, 0.05) is 18.8 Å². The average Bonchev–Trinajstić information content (AvgIpc) is 4.16. The number of fused-ring (bicyclic) bond motifs is 9. The van der Waals surface area contributed by atoms with Gasteiger partial charge in [-0.05, 0) is 193 Å². The molecule has 10 fully saturated rings. The summed E-state index contributed by atoms with van der Waals surface area (Å²) < 4.78 is 31.9. The number of carbonyl (C=O) groups excluding carboxylic acids is 6. The Morgan fingerprint density at radius 3 is 1.61 bits per heavy atom. The van der Waals surface area contributed by atoms with Crippen molar-refractivity contribution in [3.63, 3.8) is 0 Å². The van der Waals surface area contributed by atoms with Crippen LogP contribution >= 0.6 is 0 Å². The third kappa shape index (κ3) is 11.9. The zero-order valence-corrected chi connectivity index (χ0v) is 44.8. The molecule has 10 rings (SSSR count). The summed E-state index contributed by atoms with van der Waals surface area (Å²) in [6.07, 6.45) is 16.2. The van der Waals surface area contributed by atoms with E-state index < -0.39 is 33.9 Å². The summed E-state index contributed by atoms with van der Waals surface area (Å²) in [7, 11) is 0. The lowest BCUT2D eigenvalue weighted by molar-refractivity contribution is -0.225. The lowest BCUT2D eigenvalue weighted by Crippen LogP contribution is -2.61. The highest BCUT2D eigenvalue weighted by Crippen LogP contribution is 2.71. The van der Waals surface area contributed by atoms with Crippen LogP contribution in [0.2, 0.25) is 0 Å². The molecule has 1 N–H and O–H groups in total. The highest BCUT2D eigenvalue weighted by molar-refractivity contribution is 5.83. The molecule has 0 aromatic rings. The van der Waals surface area contributed by atoms with E-state index in [4.69, 9.17) is 28.4 Å². The maximum atomic E-state index is 12.7. The van der Waals surface area contributed by atoms with Crippen LogP contribution in [0.4, 0.5) is 0 Å². The molecule has 8 aliphatic carbocycles.